The summed E-state index contributed by atoms with van der Waals surface area (Å²) >= 11 is 7.48. The fourth-order valence-electron chi connectivity index (χ4n) is 4.00. The van der Waals surface area contributed by atoms with E-state index in [0.717, 1.165) is 22.0 Å². The molecule has 0 aliphatic carbocycles. The van der Waals surface area contributed by atoms with Crippen LogP contribution in [0.15, 0.2) is 46.5 Å². The van der Waals surface area contributed by atoms with Crippen molar-refractivity contribution in [2.75, 3.05) is 19.6 Å². The third-order valence-corrected chi connectivity index (χ3v) is 6.43. The Morgan fingerprint density at radius 3 is 2.64 bits per heavy atom. The minimum Gasteiger partial charge on any atom is -0.366 e. The molecule has 2 aromatic rings. The maximum atomic E-state index is 12.0. The standard InChI is InChI=1S/C19H20ClN3OS/c20-13-1-4-18(22-10-13)25-14-2-3-15(19(21)24)16(9-14)17-11-23-7-5-12(17)6-8-23/h1-4,9-10,12,17H,5-8,11H2,(H2,21,24). The number of halogens is 1. The first-order valence-corrected chi connectivity index (χ1v) is 9.75. The van der Waals surface area contributed by atoms with Gasteiger partial charge in [-0.1, -0.05) is 23.4 Å². The van der Waals surface area contributed by atoms with Crippen LogP contribution in [0.2, 0.25) is 5.02 Å². The predicted molar refractivity (Wildman–Crippen MR) is 100 cm³/mol. The van der Waals surface area contributed by atoms with Crippen LogP contribution in [0.4, 0.5) is 0 Å². The maximum Gasteiger partial charge on any atom is 0.248 e. The number of nitrogens with zero attached hydrogens (tertiary/aromatic N) is 2. The van der Waals surface area contributed by atoms with E-state index in [0.29, 0.717) is 22.4 Å². The summed E-state index contributed by atoms with van der Waals surface area (Å²) in [5.41, 5.74) is 7.41. The fraction of sp³-hybridized carbons (Fsp3) is 0.368. The monoisotopic (exact) mass is 373 g/mol. The van der Waals surface area contributed by atoms with E-state index in [4.69, 9.17) is 17.3 Å². The van der Waals surface area contributed by atoms with Gasteiger partial charge >= 0.3 is 0 Å². The van der Waals surface area contributed by atoms with Crippen LogP contribution in [0.3, 0.4) is 0 Å². The van der Waals surface area contributed by atoms with E-state index in [1.165, 1.54) is 25.9 Å². The van der Waals surface area contributed by atoms with Crippen molar-refractivity contribution in [2.24, 2.45) is 11.7 Å². The van der Waals surface area contributed by atoms with Gasteiger partial charge < -0.3 is 10.6 Å². The van der Waals surface area contributed by atoms with Crippen molar-refractivity contribution < 1.29 is 4.79 Å². The quantitative estimate of drug-likeness (QED) is 0.885. The van der Waals surface area contributed by atoms with Crippen LogP contribution >= 0.6 is 23.4 Å². The van der Waals surface area contributed by atoms with E-state index in [1.54, 1.807) is 18.0 Å². The number of fused-ring (bicyclic) bond motifs is 3. The molecule has 4 heterocycles. The number of pyridine rings is 1. The van der Waals surface area contributed by atoms with Gasteiger partial charge in [-0.2, -0.15) is 0 Å². The molecule has 0 saturated carbocycles. The van der Waals surface area contributed by atoms with Gasteiger partial charge in [0.15, 0.2) is 0 Å². The second-order valence-electron chi connectivity index (χ2n) is 6.77. The lowest BCUT2D eigenvalue weighted by molar-refractivity contribution is 0.0855. The van der Waals surface area contributed by atoms with Crippen molar-refractivity contribution in [1.82, 2.24) is 9.88 Å². The van der Waals surface area contributed by atoms with Gasteiger partial charge in [-0.25, -0.2) is 4.98 Å². The van der Waals surface area contributed by atoms with Gasteiger partial charge in [-0.05, 0) is 67.7 Å². The third kappa shape index (κ3) is 3.54. The van der Waals surface area contributed by atoms with E-state index in [-0.39, 0.29) is 5.91 Å². The summed E-state index contributed by atoms with van der Waals surface area (Å²) in [7, 11) is 0. The lowest BCUT2D eigenvalue weighted by atomic mass is 9.74. The summed E-state index contributed by atoms with van der Waals surface area (Å²) < 4.78 is 0. The lowest BCUT2D eigenvalue weighted by Crippen LogP contribution is -2.46. The van der Waals surface area contributed by atoms with Gasteiger partial charge in [0, 0.05) is 29.1 Å². The van der Waals surface area contributed by atoms with Crippen molar-refractivity contribution in [3.8, 4) is 0 Å². The first-order chi connectivity index (χ1) is 12.1. The normalized spacial score (nSPS) is 25.1. The average Bonchev–Trinajstić information content (AvgIpc) is 2.64. The SMILES string of the molecule is NC(=O)c1ccc(Sc2ccc(Cl)cn2)cc1C1CN2CCC1CC2. The first kappa shape index (κ1) is 16.9. The molecule has 0 spiro atoms. The zero-order valence-electron chi connectivity index (χ0n) is 13.8. The molecular weight excluding hydrogens is 354 g/mol. The Bertz CT molecular complexity index is 788. The molecule has 3 fully saturated rings. The summed E-state index contributed by atoms with van der Waals surface area (Å²) in [6, 6.07) is 9.69. The second kappa shape index (κ2) is 6.98. The number of carbonyl (C=O) groups excluding carboxylic acids is 1. The molecular formula is C19H20ClN3OS. The van der Waals surface area contributed by atoms with Gasteiger partial charge in [-0.3, -0.25) is 4.79 Å². The van der Waals surface area contributed by atoms with Crippen LogP contribution in [-0.4, -0.2) is 35.4 Å². The van der Waals surface area contributed by atoms with E-state index in [9.17, 15) is 4.79 Å². The van der Waals surface area contributed by atoms with Gasteiger partial charge in [0.05, 0.1) is 5.02 Å². The molecule has 5 rings (SSSR count). The Hall–Kier alpha value is -1.56. The van der Waals surface area contributed by atoms with Crippen LogP contribution in [-0.2, 0) is 0 Å². The van der Waals surface area contributed by atoms with Crippen LogP contribution in [0, 0.1) is 5.92 Å². The topological polar surface area (TPSA) is 59.2 Å². The van der Waals surface area contributed by atoms with Crippen LogP contribution in [0.5, 0.6) is 0 Å². The number of primary amides is 1. The predicted octanol–water partition coefficient (Wildman–Crippen LogP) is 3.79. The molecule has 3 aliphatic heterocycles. The molecule has 6 heteroatoms. The molecule has 0 radical (unpaired) electrons. The number of rotatable bonds is 4. The van der Waals surface area contributed by atoms with Crippen molar-refractivity contribution in [2.45, 2.75) is 28.7 Å². The van der Waals surface area contributed by atoms with Crippen molar-refractivity contribution in [3.63, 3.8) is 0 Å². The Kier molecular flexibility index (Phi) is 4.71. The third-order valence-electron chi connectivity index (χ3n) is 5.27. The van der Waals surface area contributed by atoms with Gasteiger partial charge in [0.1, 0.15) is 5.03 Å². The Balaban J connectivity index is 1.66. The Morgan fingerprint density at radius 1 is 1.24 bits per heavy atom. The fourth-order valence-corrected chi connectivity index (χ4v) is 4.91. The van der Waals surface area contributed by atoms with Crippen molar-refractivity contribution >= 4 is 29.3 Å². The molecule has 1 aromatic carbocycles. The molecule has 1 atom stereocenters. The largest absolute Gasteiger partial charge is 0.366 e. The number of aromatic nitrogens is 1. The summed E-state index contributed by atoms with van der Waals surface area (Å²) in [5, 5.41) is 1.51. The molecule has 130 valence electrons. The number of hydrogen-bond acceptors (Lipinski definition) is 4. The number of benzene rings is 1. The Morgan fingerprint density at radius 2 is 2.04 bits per heavy atom. The molecule has 2 N–H and O–H groups in total. The van der Waals surface area contributed by atoms with Crippen molar-refractivity contribution in [1.29, 1.82) is 0 Å². The smallest absolute Gasteiger partial charge is 0.248 e. The van der Waals surface area contributed by atoms with E-state index < -0.39 is 0 Å². The van der Waals surface area contributed by atoms with Crippen LogP contribution in [0.1, 0.15) is 34.7 Å². The number of nitrogens with two attached hydrogens (primary N) is 1. The Labute approximate surface area is 156 Å². The number of piperidine rings is 3. The lowest BCUT2D eigenvalue weighted by Gasteiger charge is -2.45. The van der Waals surface area contributed by atoms with Crippen LogP contribution < -0.4 is 5.73 Å². The molecule has 1 aromatic heterocycles. The molecule has 25 heavy (non-hydrogen) atoms. The molecule has 3 saturated heterocycles. The highest BCUT2D eigenvalue weighted by Crippen LogP contribution is 2.41. The van der Waals surface area contributed by atoms with E-state index in [1.807, 2.05) is 24.3 Å². The first-order valence-electron chi connectivity index (χ1n) is 8.55. The molecule has 4 nitrogen and oxygen atoms in total. The summed E-state index contributed by atoms with van der Waals surface area (Å²) in [4.78, 5) is 19.9. The zero-order chi connectivity index (χ0) is 17.4. The van der Waals surface area contributed by atoms with Gasteiger partial charge in [0.25, 0.3) is 0 Å². The van der Waals surface area contributed by atoms with Crippen molar-refractivity contribution in [3.05, 3.63) is 52.7 Å². The average molecular weight is 374 g/mol. The minimum atomic E-state index is -0.340. The van der Waals surface area contributed by atoms with Crippen LogP contribution in [0.25, 0.3) is 0 Å². The van der Waals surface area contributed by atoms with Gasteiger partial charge in [-0.15, -0.1) is 0 Å². The van der Waals surface area contributed by atoms with E-state index in [2.05, 4.69) is 16.0 Å². The summed E-state index contributed by atoms with van der Waals surface area (Å²) in [6.07, 6.45) is 4.06. The highest BCUT2D eigenvalue weighted by atomic mass is 35.5. The minimum absolute atomic E-state index is 0.340. The number of amides is 1. The van der Waals surface area contributed by atoms with E-state index >= 15 is 0 Å². The maximum absolute atomic E-state index is 12.0. The molecule has 2 bridgehead atoms. The highest BCUT2D eigenvalue weighted by molar-refractivity contribution is 7.99. The zero-order valence-corrected chi connectivity index (χ0v) is 15.4. The molecule has 1 unspecified atom stereocenters. The van der Waals surface area contributed by atoms with Gasteiger partial charge in [0.2, 0.25) is 5.91 Å². The number of carbonyl (C=O) groups is 1. The molecule has 3 aliphatic rings. The second-order valence-corrected chi connectivity index (χ2v) is 8.30. The summed E-state index contributed by atoms with van der Waals surface area (Å²) in [5.74, 6) is 0.702. The molecule has 1 amide bonds. The number of hydrogen-bond donors (Lipinski definition) is 1. The summed E-state index contributed by atoms with van der Waals surface area (Å²) in [6.45, 7) is 3.38. The highest BCUT2D eigenvalue weighted by Gasteiger charge is 2.36.